The number of aliphatic hydroxyl groups is 1. The number of methoxy groups -OCH3 is 3. The maximum Gasteiger partial charge on any atom is 0.161 e. The van der Waals surface area contributed by atoms with E-state index in [1.165, 1.54) is 0 Å². The highest BCUT2D eigenvalue weighted by Crippen LogP contribution is 2.28. The van der Waals surface area contributed by atoms with Crippen LogP contribution in [-0.2, 0) is 16.0 Å². The van der Waals surface area contributed by atoms with Crippen molar-refractivity contribution in [1.82, 2.24) is 4.90 Å². The van der Waals surface area contributed by atoms with Gasteiger partial charge in [-0.25, -0.2) is 0 Å². The number of nitrogens with zero attached hydrogens (tertiary/aromatic N) is 1. The number of hydrogen-bond donors (Lipinski definition) is 1. The molecule has 0 aliphatic heterocycles. The minimum Gasteiger partial charge on any atom is -0.493 e. The summed E-state index contributed by atoms with van der Waals surface area (Å²) in [6, 6.07) is 5.84. The van der Waals surface area contributed by atoms with Gasteiger partial charge in [-0.15, -0.1) is 0 Å². The van der Waals surface area contributed by atoms with Crippen LogP contribution in [0, 0.1) is 0 Å². The molecule has 0 heterocycles. The molecule has 0 aliphatic carbocycles. The fourth-order valence-electron chi connectivity index (χ4n) is 2.35. The van der Waals surface area contributed by atoms with E-state index in [1.54, 1.807) is 21.3 Å². The van der Waals surface area contributed by atoms with E-state index in [0.717, 1.165) is 12.1 Å². The van der Waals surface area contributed by atoms with E-state index in [1.807, 2.05) is 32.0 Å². The van der Waals surface area contributed by atoms with Crippen LogP contribution in [0.1, 0.15) is 19.4 Å². The average Bonchev–Trinajstić information content (AvgIpc) is 2.57. The Morgan fingerprint density at radius 2 is 1.79 bits per heavy atom. The van der Waals surface area contributed by atoms with Crippen LogP contribution in [0.5, 0.6) is 11.5 Å². The van der Waals surface area contributed by atoms with Gasteiger partial charge in [0.15, 0.2) is 11.5 Å². The Balaban J connectivity index is 2.70. The summed E-state index contributed by atoms with van der Waals surface area (Å²) in [7, 11) is 4.91. The largest absolute Gasteiger partial charge is 0.493 e. The molecule has 6 heteroatoms. The molecular weight excluding hydrogens is 310 g/mol. The quantitative estimate of drug-likeness (QED) is 0.627. The first-order valence-corrected chi connectivity index (χ1v) is 8.22. The van der Waals surface area contributed by atoms with Gasteiger partial charge in [0.1, 0.15) is 0 Å². The highest BCUT2D eigenvalue weighted by atomic mass is 16.5. The summed E-state index contributed by atoms with van der Waals surface area (Å²) in [6.45, 7) is 6.77. The third-order valence-electron chi connectivity index (χ3n) is 3.56. The molecule has 0 spiro atoms. The Labute approximate surface area is 145 Å². The van der Waals surface area contributed by atoms with Gasteiger partial charge in [0.25, 0.3) is 0 Å². The molecule has 1 unspecified atom stereocenters. The van der Waals surface area contributed by atoms with Crippen molar-refractivity contribution < 1.29 is 24.1 Å². The van der Waals surface area contributed by atoms with E-state index in [4.69, 9.17) is 18.9 Å². The fourth-order valence-corrected chi connectivity index (χ4v) is 2.35. The van der Waals surface area contributed by atoms with Crippen molar-refractivity contribution in [3.8, 4) is 11.5 Å². The van der Waals surface area contributed by atoms with Gasteiger partial charge in [-0.1, -0.05) is 6.07 Å². The Morgan fingerprint density at radius 1 is 1.08 bits per heavy atom. The molecule has 1 atom stereocenters. The molecule has 1 aromatic carbocycles. The van der Waals surface area contributed by atoms with Crippen LogP contribution in [-0.4, -0.2) is 69.8 Å². The molecule has 138 valence electrons. The molecule has 1 rings (SSSR count). The molecule has 6 nitrogen and oxygen atoms in total. The first-order chi connectivity index (χ1) is 11.5. The van der Waals surface area contributed by atoms with Gasteiger partial charge in [0.05, 0.1) is 39.6 Å². The number of hydrogen-bond acceptors (Lipinski definition) is 6. The van der Waals surface area contributed by atoms with Gasteiger partial charge in [-0.05, 0) is 31.5 Å². The number of aliphatic hydroxyl groups excluding tert-OH is 1. The van der Waals surface area contributed by atoms with Crippen molar-refractivity contribution in [3.05, 3.63) is 23.8 Å². The highest BCUT2D eigenvalue weighted by Gasteiger charge is 2.14. The zero-order valence-electron chi connectivity index (χ0n) is 15.4. The second kappa shape index (κ2) is 11.3. The third kappa shape index (κ3) is 7.49. The summed E-state index contributed by atoms with van der Waals surface area (Å²) in [4.78, 5) is 2.14. The molecule has 0 amide bonds. The Bertz CT molecular complexity index is 467. The molecular formula is C18H31NO5. The van der Waals surface area contributed by atoms with E-state index in [9.17, 15) is 5.11 Å². The Morgan fingerprint density at radius 3 is 2.38 bits per heavy atom. The van der Waals surface area contributed by atoms with Crippen molar-refractivity contribution in [2.75, 3.05) is 47.6 Å². The molecule has 0 saturated heterocycles. The minimum atomic E-state index is -0.538. The van der Waals surface area contributed by atoms with Gasteiger partial charge in [0, 0.05) is 26.7 Å². The topological polar surface area (TPSA) is 60.4 Å². The number of rotatable bonds is 12. The standard InChI is InChI=1S/C18H31NO5/c1-14(2)24-13-16(20)12-19(8-9-21-3)11-15-6-7-17(22-4)18(10-15)23-5/h6-7,10,14,16,20H,8-9,11-13H2,1-5H3. The lowest BCUT2D eigenvalue weighted by Crippen LogP contribution is -2.37. The Kier molecular flexibility index (Phi) is 9.71. The van der Waals surface area contributed by atoms with Crippen LogP contribution in [0.2, 0.25) is 0 Å². The van der Waals surface area contributed by atoms with Crippen molar-refractivity contribution >= 4 is 0 Å². The molecule has 1 N–H and O–H groups in total. The fraction of sp³-hybridized carbons (Fsp3) is 0.667. The first-order valence-electron chi connectivity index (χ1n) is 8.22. The van der Waals surface area contributed by atoms with E-state index in [2.05, 4.69) is 4.90 Å². The molecule has 1 aromatic rings. The average molecular weight is 341 g/mol. The second-order valence-corrected chi connectivity index (χ2v) is 5.95. The van der Waals surface area contributed by atoms with Crippen LogP contribution in [0.15, 0.2) is 18.2 Å². The number of ether oxygens (including phenoxy) is 4. The predicted octanol–water partition coefficient (Wildman–Crippen LogP) is 1.94. The molecule has 0 radical (unpaired) electrons. The van der Waals surface area contributed by atoms with Crippen molar-refractivity contribution in [2.24, 2.45) is 0 Å². The Hall–Kier alpha value is -1.34. The summed E-state index contributed by atoms with van der Waals surface area (Å²) in [5, 5.41) is 10.2. The van der Waals surface area contributed by atoms with Crippen molar-refractivity contribution in [2.45, 2.75) is 32.6 Å². The monoisotopic (exact) mass is 341 g/mol. The van der Waals surface area contributed by atoms with E-state index in [0.29, 0.717) is 37.8 Å². The van der Waals surface area contributed by atoms with Crippen LogP contribution >= 0.6 is 0 Å². The third-order valence-corrected chi connectivity index (χ3v) is 3.56. The summed E-state index contributed by atoms with van der Waals surface area (Å²) in [5.74, 6) is 1.40. The molecule has 24 heavy (non-hydrogen) atoms. The maximum atomic E-state index is 10.2. The van der Waals surface area contributed by atoms with Crippen molar-refractivity contribution in [3.63, 3.8) is 0 Å². The molecule has 0 saturated carbocycles. The predicted molar refractivity (Wildman–Crippen MR) is 93.8 cm³/mol. The van der Waals surface area contributed by atoms with Gasteiger partial charge in [0.2, 0.25) is 0 Å². The maximum absolute atomic E-state index is 10.2. The minimum absolute atomic E-state index is 0.109. The van der Waals surface area contributed by atoms with Crippen LogP contribution in [0.25, 0.3) is 0 Å². The summed E-state index contributed by atoms with van der Waals surface area (Å²) in [6.07, 6.45) is -0.428. The normalized spacial score (nSPS) is 12.7. The lowest BCUT2D eigenvalue weighted by Gasteiger charge is -2.25. The van der Waals surface area contributed by atoms with Crippen molar-refractivity contribution in [1.29, 1.82) is 0 Å². The second-order valence-electron chi connectivity index (χ2n) is 5.95. The zero-order chi connectivity index (χ0) is 17.9. The molecule has 0 aliphatic rings. The van der Waals surface area contributed by atoms with Gasteiger partial charge in [-0.2, -0.15) is 0 Å². The van der Waals surface area contributed by atoms with Crippen LogP contribution < -0.4 is 9.47 Å². The summed E-state index contributed by atoms with van der Waals surface area (Å²) >= 11 is 0. The summed E-state index contributed by atoms with van der Waals surface area (Å²) < 4.78 is 21.3. The van der Waals surface area contributed by atoms with E-state index >= 15 is 0 Å². The SMILES string of the molecule is COCCN(Cc1ccc(OC)c(OC)c1)CC(O)COC(C)C. The lowest BCUT2D eigenvalue weighted by molar-refractivity contribution is -0.0121. The van der Waals surface area contributed by atoms with E-state index < -0.39 is 6.10 Å². The lowest BCUT2D eigenvalue weighted by atomic mass is 10.1. The zero-order valence-corrected chi connectivity index (χ0v) is 15.4. The van der Waals surface area contributed by atoms with E-state index in [-0.39, 0.29) is 6.10 Å². The van der Waals surface area contributed by atoms with Gasteiger partial charge >= 0.3 is 0 Å². The van der Waals surface area contributed by atoms with Crippen LogP contribution in [0.4, 0.5) is 0 Å². The van der Waals surface area contributed by atoms with Crippen LogP contribution in [0.3, 0.4) is 0 Å². The summed E-state index contributed by atoms with van der Waals surface area (Å²) in [5.41, 5.74) is 1.08. The molecule has 0 bridgehead atoms. The van der Waals surface area contributed by atoms with Gasteiger partial charge in [-0.3, -0.25) is 4.90 Å². The smallest absolute Gasteiger partial charge is 0.161 e. The first kappa shape index (κ1) is 20.7. The molecule has 0 fully saturated rings. The molecule has 0 aromatic heterocycles. The highest BCUT2D eigenvalue weighted by molar-refractivity contribution is 5.42. The van der Waals surface area contributed by atoms with Gasteiger partial charge < -0.3 is 24.1 Å². The number of benzene rings is 1.